The maximum atomic E-state index is 8.81. The average molecular weight is 266 g/mol. The lowest BCUT2D eigenvalue weighted by Crippen LogP contribution is -2.34. The molecule has 0 aliphatic carbocycles. The number of halogens is 1. The number of hydrogen-bond donors (Lipinski definition) is 1. The molecule has 0 aliphatic heterocycles. The molecule has 0 heterocycles. The number of nitrogens with one attached hydrogen (secondary N) is 1. The molecule has 0 saturated carbocycles. The molecule has 1 N–H and O–H groups in total. The second-order valence-corrected chi connectivity index (χ2v) is 4.74. The van der Waals surface area contributed by atoms with Crippen molar-refractivity contribution in [3.63, 3.8) is 0 Å². The fourth-order valence-corrected chi connectivity index (χ4v) is 2.12. The molecular weight excluding hydrogens is 246 g/mol. The summed E-state index contributed by atoms with van der Waals surface area (Å²) >= 11 is 6.00. The van der Waals surface area contributed by atoms with Crippen molar-refractivity contribution >= 4 is 17.3 Å². The van der Waals surface area contributed by atoms with Gasteiger partial charge >= 0.3 is 0 Å². The molecule has 0 aromatic heterocycles. The minimum Gasteiger partial charge on any atom is -0.381 e. The molecule has 1 unspecified atom stereocenters. The van der Waals surface area contributed by atoms with Gasteiger partial charge < -0.3 is 10.2 Å². The quantitative estimate of drug-likeness (QED) is 0.857. The molecule has 0 amide bonds. The van der Waals surface area contributed by atoms with Gasteiger partial charge in [0.25, 0.3) is 0 Å². The minimum absolute atomic E-state index is 0.342. The summed E-state index contributed by atoms with van der Waals surface area (Å²) in [5.74, 6) is 0. The highest BCUT2D eigenvalue weighted by Crippen LogP contribution is 2.20. The smallest absolute Gasteiger partial charge is 0.101 e. The number of benzene rings is 1. The van der Waals surface area contributed by atoms with E-state index in [0.717, 1.165) is 25.3 Å². The third-order valence-electron chi connectivity index (χ3n) is 2.93. The van der Waals surface area contributed by atoms with Gasteiger partial charge in [-0.2, -0.15) is 5.26 Å². The molecule has 0 saturated heterocycles. The van der Waals surface area contributed by atoms with Crippen LogP contribution in [0.5, 0.6) is 0 Å². The fourth-order valence-electron chi connectivity index (χ4n) is 1.89. The first-order valence-electron chi connectivity index (χ1n) is 6.29. The maximum absolute atomic E-state index is 8.81. The normalized spacial score (nSPS) is 12.2. The molecule has 1 aromatic carbocycles. The summed E-state index contributed by atoms with van der Waals surface area (Å²) in [5.41, 5.74) is 1.47. The van der Waals surface area contributed by atoms with Crippen LogP contribution in [0.1, 0.15) is 26.3 Å². The third kappa shape index (κ3) is 4.21. The zero-order chi connectivity index (χ0) is 13.5. The van der Waals surface area contributed by atoms with Crippen LogP contribution >= 0.6 is 11.6 Å². The van der Waals surface area contributed by atoms with E-state index in [4.69, 9.17) is 16.9 Å². The van der Waals surface area contributed by atoms with Crippen molar-refractivity contribution in [2.75, 3.05) is 25.0 Å². The summed E-state index contributed by atoms with van der Waals surface area (Å²) < 4.78 is 0. The van der Waals surface area contributed by atoms with Crippen molar-refractivity contribution in [2.24, 2.45) is 0 Å². The van der Waals surface area contributed by atoms with Crippen LogP contribution in [0.15, 0.2) is 18.2 Å². The van der Waals surface area contributed by atoms with Crippen molar-refractivity contribution in [3.8, 4) is 6.07 Å². The van der Waals surface area contributed by atoms with E-state index < -0.39 is 0 Å². The van der Waals surface area contributed by atoms with Crippen molar-refractivity contribution in [1.82, 2.24) is 4.90 Å². The highest BCUT2D eigenvalue weighted by atomic mass is 35.5. The van der Waals surface area contributed by atoms with Crippen LogP contribution in [0.25, 0.3) is 0 Å². The fraction of sp³-hybridized carbons (Fsp3) is 0.500. The lowest BCUT2D eigenvalue weighted by Gasteiger charge is -2.24. The molecule has 1 rings (SSSR count). The molecule has 98 valence electrons. The summed E-state index contributed by atoms with van der Waals surface area (Å²) in [4.78, 5) is 2.36. The number of anilines is 1. The summed E-state index contributed by atoms with van der Waals surface area (Å²) in [6.07, 6.45) is 0. The van der Waals surface area contributed by atoms with Gasteiger partial charge in [0.15, 0.2) is 0 Å². The second kappa shape index (κ2) is 7.25. The van der Waals surface area contributed by atoms with Crippen LogP contribution < -0.4 is 5.32 Å². The van der Waals surface area contributed by atoms with Crippen LogP contribution in [0.3, 0.4) is 0 Å². The summed E-state index contributed by atoms with van der Waals surface area (Å²) in [5, 5.41) is 12.7. The van der Waals surface area contributed by atoms with Gasteiger partial charge in [0, 0.05) is 18.3 Å². The van der Waals surface area contributed by atoms with Crippen molar-refractivity contribution in [3.05, 3.63) is 28.8 Å². The largest absolute Gasteiger partial charge is 0.381 e. The highest BCUT2D eigenvalue weighted by molar-refractivity contribution is 6.32. The van der Waals surface area contributed by atoms with E-state index in [9.17, 15) is 0 Å². The Morgan fingerprint density at radius 1 is 1.39 bits per heavy atom. The predicted molar refractivity (Wildman–Crippen MR) is 77.0 cm³/mol. The Hall–Kier alpha value is -1.24. The molecule has 1 aromatic rings. The number of nitriles is 1. The van der Waals surface area contributed by atoms with E-state index in [-0.39, 0.29) is 0 Å². The molecule has 0 fully saturated rings. The zero-order valence-electron chi connectivity index (χ0n) is 11.2. The molecule has 0 radical (unpaired) electrons. The maximum Gasteiger partial charge on any atom is 0.101 e. The van der Waals surface area contributed by atoms with E-state index in [1.165, 1.54) is 0 Å². The molecule has 0 bridgehead atoms. The first kappa shape index (κ1) is 14.8. The number of rotatable bonds is 6. The molecule has 0 aliphatic rings. The second-order valence-electron chi connectivity index (χ2n) is 4.34. The van der Waals surface area contributed by atoms with E-state index in [1.54, 1.807) is 12.1 Å². The molecule has 4 heteroatoms. The number of hydrogen-bond acceptors (Lipinski definition) is 3. The van der Waals surface area contributed by atoms with Crippen LogP contribution in [-0.4, -0.2) is 30.6 Å². The predicted octanol–water partition coefficient (Wildman–Crippen LogP) is 3.35. The van der Waals surface area contributed by atoms with Gasteiger partial charge in [-0.25, -0.2) is 0 Å². The summed E-state index contributed by atoms with van der Waals surface area (Å²) in [7, 11) is 0. The molecule has 1 atom stereocenters. The first-order chi connectivity index (χ1) is 8.60. The van der Waals surface area contributed by atoms with Crippen LogP contribution in [0, 0.1) is 11.3 Å². The Balaban J connectivity index is 2.62. The Bertz CT molecular complexity index is 422. The van der Waals surface area contributed by atoms with Gasteiger partial charge in [0.05, 0.1) is 10.6 Å². The molecule has 18 heavy (non-hydrogen) atoms. The topological polar surface area (TPSA) is 39.1 Å². The Morgan fingerprint density at radius 3 is 2.56 bits per heavy atom. The van der Waals surface area contributed by atoms with Crippen LogP contribution in [0.2, 0.25) is 5.02 Å². The Morgan fingerprint density at radius 2 is 2.06 bits per heavy atom. The van der Waals surface area contributed by atoms with Gasteiger partial charge in [-0.05, 0) is 38.2 Å². The van der Waals surface area contributed by atoms with Gasteiger partial charge in [-0.1, -0.05) is 25.4 Å². The number of likely N-dealkylation sites (N-methyl/N-ethyl adjacent to an activating group) is 1. The first-order valence-corrected chi connectivity index (χ1v) is 6.67. The standard InChI is InChI=1S/C14H20ClN3/c1-4-18(5-2)10-11(3)17-13-7-6-12(9-16)14(15)8-13/h6-8,11,17H,4-5,10H2,1-3H3. The van der Waals surface area contributed by atoms with Crippen molar-refractivity contribution < 1.29 is 0 Å². The van der Waals surface area contributed by atoms with Gasteiger partial charge in [0.1, 0.15) is 6.07 Å². The van der Waals surface area contributed by atoms with E-state index in [2.05, 4.69) is 37.1 Å². The molecule has 3 nitrogen and oxygen atoms in total. The zero-order valence-corrected chi connectivity index (χ0v) is 12.0. The van der Waals surface area contributed by atoms with E-state index >= 15 is 0 Å². The molecule has 0 spiro atoms. The van der Waals surface area contributed by atoms with Gasteiger partial charge in [-0.3, -0.25) is 0 Å². The summed E-state index contributed by atoms with van der Waals surface area (Å²) in [6, 6.07) is 7.84. The van der Waals surface area contributed by atoms with Crippen LogP contribution in [-0.2, 0) is 0 Å². The Kier molecular flexibility index (Phi) is 5.97. The lowest BCUT2D eigenvalue weighted by atomic mass is 10.2. The van der Waals surface area contributed by atoms with Crippen LogP contribution in [0.4, 0.5) is 5.69 Å². The number of nitrogens with zero attached hydrogens (tertiary/aromatic N) is 2. The van der Waals surface area contributed by atoms with Gasteiger partial charge in [0.2, 0.25) is 0 Å². The van der Waals surface area contributed by atoms with Crippen molar-refractivity contribution in [1.29, 1.82) is 5.26 Å². The lowest BCUT2D eigenvalue weighted by molar-refractivity contribution is 0.295. The average Bonchev–Trinajstić information content (AvgIpc) is 2.36. The SMILES string of the molecule is CCN(CC)CC(C)Nc1ccc(C#N)c(Cl)c1. The van der Waals surface area contributed by atoms with Crippen molar-refractivity contribution in [2.45, 2.75) is 26.8 Å². The Labute approximate surface area is 114 Å². The highest BCUT2D eigenvalue weighted by Gasteiger charge is 2.08. The van der Waals surface area contributed by atoms with E-state index in [0.29, 0.717) is 16.6 Å². The van der Waals surface area contributed by atoms with Gasteiger partial charge in [-0.15, -0.1) is 0 Å². The molecular formula is C14H20ClN3. The minimum atomic E-state index is 0.342. The third-order valence-corrected chi connectivity index (χ3v) is 3.24. The summed E-state index contributed by atoms with van der Waals surface area (Å²) in [6.45, 7) is 9.56. The monoisotopic (exact) mass is 265 g/mol. The van der Waals surface area contributed by atoms with E-state index in [1.807, 2.05) is 6.07 Å².